The van der Waals surface area contributed by atoms with E-state index in [1.165, 1.54) is 7.11 Å². The van der Waals surface area contributed by atoms with Crippen LogP contribution in [-0.4, -0.2) is 63.3 Å². The van der Waals surface area contributed by atoms with Crippen molar-refractivity contribution in [2.75, 3.05) is 41.5 Å². The van der Waals surface area contributed by atoms with Gasteiger partial charge in [0.25, 0.3) is 5.88 Å². The highest BCUT2D eigenvalue weighted by atomic mass is 16.5. The van der Waals surface area contributed by atoms with E-state index in [1.807, 2.05) is 32.8 Å². The average molecular weight is 364 g/mol. The van der Waals surface area contributed by atoms with Gasteiger partial charge in [0.15, 0.2) is 17.2 Å². The monoisotopic (exact) mass is 364 g/mol. The highest BCUT2D eigenvalue weighted by Gasteiger charge is 2.36. The molecule has 2 rings (SSSR count). The number of aromatic nitrogens is 1. The van der Waals surface area contributed by atoms with Crippen LogP contribution in [0.1, 0.15) is 30.8 Å². The van der Waals surface area contributed by atoms with Gasteiger partial charge in [-0.25, -0.2) is 4.98 Å². The van der Waals surface area contributed by atoms with Gasteiger partial charge in [-0.05, 0) is 5.92 Å². The van der Waals surface area contributed by atoms with E-state index in [4.69, 9.17) is 18.9 Å². The summed E-state index contributed by atoms with van der Waals surface area (Å²) in [7, 11) is 6.89. The highest BCUT2D eigenvalue weighted by Crippen LogP contribution is 2.38. The molecule has 0 unspecified atom stereocenters. The molecule has 0 spiro atoms. The zero-order valence-corrected chi connectivity index (χ0v) is 16.4. The molecule has 0 bridgehead atoms. The number of Topliss-reactive ketones (excluding diaryl/α,β-unsaturated/α-hetero) is 1. The predicted octanol–water partition coefficient (Wildman–Crippen LogP) is 2.55. The first kappa shape index (κ1) is 20.0. The van der Waals surface area contributed by atoms with Crippen molar-refractivity contribution < 1.29 is 23.7 Å². The SMILES string of the molecule is COCCCOc1cc2c(nc1OC)C(=O)C(=CN(C)C)[C@@H](C(C)C)O2. The summed E-state index contributed by atoms with van der Waals surface area (Å²) in [6.07, 6.45) is 2.19. The van der Waals surface area contributed by atoms with Crippen LogP contribution in [0, 0.1) is 5.92 Å². The lowest BCUT2D eigenvalue weighted by Gasteiger charge is -2.31. The van der Waals surface area contributed by atoms with Gasteiger partial charge < -0.3 is 23.8 Å². The van der Waals surface area contributed by atoms with Crippen LogP contribution in [0.5, 0.6) is 17.4 Å². The van der Waals surface area contributed by atoms with Gasteiger partial charge in [0, 0.05) is 46.5 Å². The van der Waals surface area contributed by atoms with Gasteiger partial charge in [-0.3, -0.25) is 4.79 Å². The van der Waals surface area contributed by atoms with Gasteiger partial charge in [0.1, 0.15) is 6.10 Å². The van der Waals surface area contributed by atoms with Crippen LogP contribution in [-0.2, 0) is 4.74 Å². The van der Waals surface area contributed by atoms with Gasteiger partial charge in [-0.15, -0.1) is 0 Å². The molecule has 1 aliphatic heterocycles. The number of ether oxygens (including phenoxy) is 4. The predicted molar refractivity (Wildman–Crippen MR) is 98.1 cm³/mol. The lowest BCUT2D eigenvalue weighted by Crippen LogP contribution is -2.36. The molecule has 0 radical (unpaired) electrons. The van der Waals surface area contributed by atoms with Crippen LogP contribution < -0.4 is 14.2 Å². The minimum absolute atomic E-state index is 0.131. The summed E-state index contributed by atoms with van der Waals surface area (Å²) in [6, 6.07) is 1.69. The first-order valence-electron chi connectivity index (χ1n) is 8.69. The minimum Gasteiger partial charge on any atom is -0.488 e. The maximum absolute atomic E-state index is 13.0. The number of pyridine rings is 1. The van der Waals surface area contributed by atoms with Crippen molar-refractivity contribution in [3.05, 3.63) is 23.5 Å². The molecule has 0 saturated heterocycles. The number of carbonyl (C=O) groups is 1. The van der Waals surface area contributed by atoms with Gasteiger partial charge in [-0.1, -0.05) is 13.8 Å². The third-order valence-electron chi connectivity index (χ3n) is 3.90. The number of hydrogen-bond acceptors (Lipinski definition) is 7. The van der Waals surface area contributed by atoms with Crippen LogP contribution in [0.4, 0.5) is 0 Å². The lowest BCUT2D eigenvalue weighted by atomic mass is 9.92. The Hall–Kier alpha value is -2.28. The molecule has 1 aromatic rings. The zero-order valence-electron chi connectivity index (χ0n) is 16.4. The van der Waals surface area contributed by atoms with Crippen LogP contribution in [0.25, 0.3) is 0 Å². The molecule has 0 aliphatic carbocycles. The molecular weight excluding hydrogens is 336 g/mol. The van der Waals surface area contributed by atoms with E-state index in [0.29, 0.717) is 30.3 Å². The normalized spacial score (nSPS) is 17.9. The van der Waals surface area contributed by atoms with Crippen LogP contribution in [0.15, 0.2) is 17.8 Å². The number of fused-ring (bicyclic) bond motifs is 1. The Bertz CT molecular complexity index is 670. The van der Waals surface area contributed by atoms with E-state index >= 15 is 0 Å². The zero-order chi connectivity index (χ0) is 19.3. The van der Waals surface area contributed by atoms with Crippen LogP contribution in [0.2, 0.25) is 0 Å². The standard InChI is InChI=1S/C19H28N2O5/c1-12(2)18-13(11-21(3)4)17(22)16-14(26-18)10-15(19(20-16)24-6)25-9-7-8-23-5/h10-12,18H,7-9H2,1-6H3/t18-/m1/s1. The van der Waals surface area contributed by atoms with Crippen molar-refractivity contribution in [1.29, 1.82) is 0 Å². The number of nitrogens with zero attached hydrogens (tertiary/aromatic N) is 2. The van der Waals surface area contributed by atoms with E-state index < -0.39 is 0 Å². The molecule has 2 heterocycles. The number of carbonyl (C=O) groups excluding carboxylic acids is 1. The molecule has 0 saturated carbocycles. The Morgan fingerprint density at radius 3 is 2.62 bits per heavy atom. The Morgan fingerprint density at radius 1 is 1.31 bits per heavy atom. The number of methoxy groups -OCH3 is 2. The summed E-state index contributed by atoms with van der Waals surface area (Å²) < 4.78 is 22.2. The van der Waals surface area contributed by atoms with Crippen molar-refractivity contribution in [2.24, 2.45) is 5.92 Å². The van der Waals surface area contributed by atoms with Crippen molar-refractivity contribution >= 4 is 5.78 Å². The van der Waals surface area contributed by atoms with Crippen LogP contribution in [0.3, 0.4) is 0 Å². The number of rotatable bonds is 8. The molecule has 1 aromatic heterocycles. The second kappa shape index (κ2) is 8.89. The quantitative estimate of drug-likeness (QED) is 0.518. The van der Waals surface area contributed by atoms with Gasteiger partial charge in [0.2, 0.25) is 5.78 Å². The molecular formula is C19H28N2O5. The Balaban J connectivity index is 2.38. The molecule has 1 atom stereocenters. The fraction of sp³-hybridized carbons (Fsp3) is 0.579. The Morgan fingerprint density at radius 2 is 2.04 bits per heavy atom. The summed E-state index contributed by atoms with van der Waals surface area (Å²) in [4.78, 5) is 19.2. The van der Waals surface area contributed by atoms with Crippen molar-refractivity contribution in [1.82, 2.24) is 9.88 Å². The molecule has 7 heteroatoms. The summed E-state index contributed by atoms with van der Waals surface area (Å²) in [5.74, 6) is 1.13. The molecule has 26 heavy (non-hydrogen) atoms. The topological polar surface area (TPSA) is 70.1 Å². The maximum atomic E-state index is 13.0. The first-order chi connectivity index (χ1) is 12.4. The third kappa shape index (κ3) is 4.46. The molecule has 7 nitrogen and oxygen atoms in total. The van der Waals surface area contributed by atoms with E-state index in [9.17, 15) is 4.79 Å². The Kier molecular flexibility index (Phi) is 6.85. The van der Waals surface area contributed by atoms with E-state index in [2.05, 4.69) is 4.98 Å². The lowest BCUT2D eigenvalue weighted by molar-refractivity contribution is 0.0909. The molecule has 0 N–H and O–H groups in total. The van der Waals surface area contributed by atoms with Gasteiger partial charge in [0.05, 0.1) is 19.3 Å². The molecule has 1 aliphatic rings. The average Bonchev–Trinajstić information content (AvgIpc) is 2.60. The van der Waals surface area contributed by atoms with Gasteiger partial charge >= 0.3 is 0 Å². The van der Waals surface area contributed by atoms with Gasteiger partial charge in [-0.2, -0.15) is 0 Å². The van der Waals surface area contributed by atoms with Crippen LogP contribution >= 0.6 is 0 Å². The van der Waals surface area contributed by atoms with Crippen molar-refractivity contribution in [2.45, 2.75) is 26.4 Å². The second-order valence-corrected chi connectivity index (χ2v) is 6.70. The van der Waals surface area contributed by atoms with E-state index in [1.54, 1.807) is 19.4 Å². The molecule has 0 fully saturated rings. The minimum atomic E-state index is -0.339. The molecule has 0 amide bonds. The number of ketones is 1. The van der Waals surface area contributed by atoms with Crippen molar-refractivity contribution in [3.63, 3.8) is 0 Å². The fourth-order valence-electron chi connectivity index (χ4n) is 2.72. The summed E-state index contributed by atoms with van der Waals surface area (Å²) in [6.45, 7) is 5.10. The van der Waals surface area contributed by atoms with E-state index in [-0.39, 0.29) is 29.4 Å². The fourth-order valence-corrected chi connectivity index (χ4v) is 2.72. The molecule has 0 aromatic carbocycles. The summed E-state index contributed by atoms with van der Waals surface area (Å²) in [5.41, 5.74) is 0.830. The van der Waals surface area contributed by atoms with E-state index in [0.717, 1.165) is 6.42 Å². The largest absolute Gasteiger partial charge is 0.488 e. The van der Waals surface area contributed by atoms with Crippen molar-refractivity contribution in [3.8, 4) is 17.4 Å². The maximum Gasteiger partial charge on any atom is 0.257 e. The summed E-state index contributed by atoms with van der Waals surface area (Å²) in [5, 5.41) is 0. The highest BCUT2D eigenvalue weighted by molar-refractivity contribution is 6.11. The molecule has 144 valence electrons. The summed E-state index contributed by atoms with van der Waals surface area (Å²) >= 11 is 0. The third-order valence-corrected chi connectivity index (χ3v) is 3.90. The Labute approximate surface area is 154 Å². The first-order valence-corrected chi connectivity index (χ1v) is 8.69. The smallest absolute Gasteiger partial charge is 0.257 e. The second-order valence-electron chi connectivity index (χ2n) is 6.70. The number of hydrogen-bond donors (Lipinski definition) is 0.